The van der Waals surface area contributed by atoms with Crippen LogP contribution in [-0.4, -0.2) is 16.5 Å². The molecule has 0 amide bonds. The molecule has 0 aromatic heterocycles. The third kappa shape index (κ3) is 2.11. The summed E-state index contributed by atoms with van der Waals surface area (Å²) in [5.41, 5.74) is 0.0118. The third-order valence-corrected chi connectivity index (χ3v) is 8.82. The van der Waals surface area contributed by atoms with Crippen LogP contribution >= 0.6 is 0 Å². The van der Waals surface area contributed by atoms with Crippen LogP contribution in [0.4, 0.5) is 0 Å². The molecule has 2 heteroatoms. The topological polar surface area (TPSA) is 37.3 Å². The first kappa shape index (κ1) is 17.3. The molecule has 9 atom stereocenters. The second kappa shape index (κ2) is 5.46. The van der Waals surface area contributed by atoms with Gasteiger partial charge in [0.1, 0.15) is 11.4 Å². The Morgan fingerprint density at radius 3 is 2.72 bits per heavy atom. The molecule has 0 aromatic rings. The fourth-order valence-corrected chi connectivity index (χ4v) is 7.74. The molecule has 4 aliphatic carbocycles. The van der Waals surface area contributed by atoms with Gasteiger partial charge in [0, 0.05) is 18.3 Å². The average molecular weight is 341 g/mol. The SMILES string of the molecule is C#C[C@]1(O)[C@H](C)CC2C3C(C(=C)C[C@@]21C)C1CCC(=O)C[C@@H]1C[C@H]3C. The number of hydrogen-bond acceptors (Lipinski definition) is 2. The van der Waals surface area contributed by atoms with Crippen LogP contribution in [0.25, 0.3) is 0 Å². The number of fused-ring (bicyclic) bond motifs is 5. The molecule has 4 fully saturated rings. The Hall–Kier alpha value is -1.07. The van der Waals surface area contributed by atoms with Crippen molar-refractivity contribution >= 4 is 5.78 Å². The van der Waals surface area contributed by atoms with Crippen LogP contribution in [-0.2, 0) is 4.79 Å². The lowest BCUT2D eigenvalue weighted by Crippen LogP contribution is -2.56. The van der Waals surface area contributed by atoms with Crippen LogP contribution in [0.3, 0.4) is 0 Å². The van der Waals surface area contributed by atoms with Gasteiger partial charge < -0.3 is 5.11 Å². The maximum Gasteiger partial charge on any atom is 0.133 e. The minimum Gasteiger partial charge on any atom is -0.377 e. The van der Waals surface area contributed by atoms with Gasteiger partial charge in [0.2, 0.25) is 0 Å². The molecular weight excluding hydrogens is 308 g/mol. The van der Waals surface area contributed by atoms with E-state index in [0.29, 0.717) is 41.3 Å². The number of hydrogen-bond donors (Lipinski definition) is 1. The maximum absolute atomic E-state index is 12.0. The summed E-state index contributed by atoms with van der Waals surface area (Å²) in [5.74, 6) is 6.67. The summed E-state index contributed by atoms with van der Waals surface area (Å²) in [4.78, 5) is 12.0. The van der Waals surface area contributed by atoms with Crippen molar-refractivity contribution in [3.63, 3.8) is 0 Å². The Bertz CT molecular complexity index is 657. The normalized spacial score (nSPS) is 55.1. The lowest BCUT2D eigenvalue weighted by Gasteiger charge is -2.59. The van der Waals surface area contributed by atoms with Crippen LogP contribution in [0.1, 0.15) is 59.3 Å². The first-order chi connectivity index (χ1) is 11.7. The Balaban J connectivity index is 1.74. The monoisotopic (exact) mass is 340 g/mol. The summed E-state index contributed by atoms with van der Waals surface area (Å²) in [7, 11) is 0. The van der Waals surface area contributed by atoms with Crippen LogP contribution in [0.15, 0.2) is 12.2 Å². The van der Waals surface area contributed by atoms with Gasteiger partial charge in [-0.2, -0.15) is 0 Å². The minimum atomic E-state index is -1.02. The molecule has 1 N–H and O–H groups in total. The molecule has 0 heterocycles. The number of carbonyl (C=O) groups excluding carboxylic acids is 1. The molecule has 0 bridgehead atoms. The second-order valence-corrected chi connectivity index (χ2v) is 9.93. The van der Waals surface area contributed by atoms with E-state index >= 15 is 0 Å². The zero-order chi connectivity index (χ0) is 18.1. The van der Waals surface area contributed by atoms with Crippen molar-refractivity contribution in [1.82, 2.24) is 0 Å². The first-order valence-electron chi connectivity index (χ1n) is 10.1. The van der Waals surface area contributed by atoms with Crippen LogP contribution < -0.4 is 0 Å². The summed E-state index contributed by atoms with van der Waals surface area (Å²) in [6.45, 7) is 11.2. The Morgan fingerprint density at radius 2 is 2.04 bits per heavy atom. The predicted octanol–water partition coefficient (Wildman–Crippen LogP) is 4.23. The highest BCUT2D eigenvalue weighted by Gasteiger charge is 2.66. The molecule has 4 unspecified atom stereocenters. The van der Waals surface area contributed by atoms with Crippen molar-refractivity contribution in [2.75, 3.05) is 0 Å². The Kier molecular flexibility index (Phi) is 3.79. The summed E-state index contributed by atoms with van der Waals surface area (Å²) < 4.78 is 0. The van der Waals surface area contributed by atoms with E-state index < -0.39 is 5.60 Å². The zero-order valence-corrected chi connectivity index (χ0v) is 15.9. The highest BCUT2D eigenvalue weighted by atomic mass is 16.3. The summed E-state index contributed by atoms with van der Waals surface area (Å²) in [6.07, 6.45) is 11.4. The first-order valence-corrected chi connectivity index (χ1v) is 10.1. The van der Waals surface area contributed by atoms with E-state index in [0.717, 1.165) is 38.5 Å². The van der Waals surface area contributed by atoms with E-state index in [9.17, 15) is 9.90 Å². The van der Waals surface area contributed by atoms with Crippen molar-refractivity contribution in [1.29, 1.82) is 0 Å². The lowest BCUT2D eigenvalue weighted by molar-refractivity contribution is -0.130. The fraction of sp³-hybridized carbons (Fsp3) is 0.783. The lowest BCUT2D eigenvalue weighted by atomic mass is 9.46. The van der Waals surface area contributed by atoms with Gasteiger partial charge in [-0.25, -0.2) is 0 Å². The molecule has 0 aliphatic heterocycles. The van der Waals surface area contributed by atoms with Gasteiger partial charge in [0.25, 0.3) is 0 Å². The third-order valence-electron chi connectivity index (χ3n) is 8.82. The number of rotatable bonds is 0. The van der Waals surface area contributed by atoms with Gasteiger partial charge in [0.15, 0.2) is 0 Å². The maximum atomic E-state index is 12.0. The Labute approximate surface area is 152 Å². The number of Topliss-reactive ketones (excluding diaryl/α,β-unsaturated/α-hetero) is 1. The number of terminal acetylenes is 1. The van der Waals surface area contributed by atoms with Crippen molar-refractivity contribution in [2.24, 2.45) is 46.8 Å². The molecule has 4 rings (SSSR count). The number of allylic oxidation sites excluding steroid dienone is 1. The van der Waals surface area contributed by atoms with E-state index in [2.05, 4.69) is 33.3 Å². The van der Waals surface area contributed by atoms with Crippen molar-refractivity contribution in [3.05, 3.63) is 12.2 Å². The average Bonchev–Trinajstić information content (AvgIpc) is 2.75. The molecule has 136 valence electrons. The van der Waals surface area contributed by atoms with Crippen LogP contribution in [0.5, 0.6) is 0 Å². The number of aliphatic hydroxyl groups is 1. The smallest absolute Gasteiger partial charge is 0.133 e. The molecule has 4 aliphatic rings. The standard InChI is InChI=1S/C23H32O2/c1-6-23(25)15(4)10-19-21-13(2)9-16-11-17(24)7-8-18(16)20(21)14(3)12-22(19,23)5/h1,13,15-16,18-21,25H,3,7-12H2,2,4-5H3/t13-,15-,16+,18?,19?,20?,21?,22+,23+/m1/s1. The molecule has 0 spiro atoms. The van der Waals surface area contributed by atoms with Crippen molar-refractivity contribution < 1.29 is 9.90 Å². The van der Waals surface area contributed by atoms with Gasteiger partial charge in [0.05, 0.1) is 0 Å². The largest absolute Gasteiger partial charge is 0.377 e. The van der Waals surface area contributed by atoms with Crippen LogP contribution in [0, 0.1) is 59.2 Å². The van der Waals surface area contributed by atoms with E-state index in [1.54, 1.807) is 0 Å². The fourth-order valence-electron chi connectivity index (χ4n) is 7.74. The van der Waals surface area contributed by atoms with Gasteiger partial charge in [-0.15, -0.1) is 6.42 Å². The molecule has 2 nitrogen and oxygen atoms in total. The second-order valence-electron chi connectivity index (χ2n) is 9.93. The summed E-state index contributed by atoms with van der Waals surface area (Å²) in [5, 5.41) is 11.4. The number of ketones is 1. The highest BCUT2D eigenvalue weighted by molar-refractivity contribution is 5.79. The van der Waals surface area contributed by atoms with Crippen molar-refractivity contribution in [3.8, 4) is 12.3 Å². The number of carbonyl (C=O) groups is 1. The molecule has 25 heavy (non-hydrogen) atoms. The minimum absolute atomic E-state index is 0.136. The molecular formula is C23H32O2. The molecule has 0 saturated heterocycles. The highest BCUT2D eigenvalue weighted by Crippen LogP contribution is 2.68. The summed E-state index contributed by atoms with van der Waals surface area (Å²) in [6, 6.07) is 0. The molecule has 4 saturated carbocycles. The summed E-state index contributed by atoms with van der Waals surface area (Å²) >= 11 is 0. The van der Waals surface area contributed by atoms with Gasteiger partial charge in [-0.1, -0.05) is 38.8 Å². The van der Waals surface area contributed by atoms with E-state index in [1.807, 2.05) is 0 Å². The van der Waals surface area contributed by atoms with Crippen molar-refractivity contribution in [2.45, 2.75) is 64.9 Å². The van der Waals surface area contributed by atoms with Gasteiger partial charge in [-0.3, -0.25) is 4.79 Å². The quantitative estimate of drug-likeness (QED) is 0.529. The molecule has 0 radical (unpaired) electrons. The van der Waals surface area contributed by atoms with Gasteiger partial charge >= 0.3 is 0 Å². The van der Waals surface area contributed by atoms with Crippen LogP contribution in [0.2, 0.25) is 0 Å². The Morgan fingerprint density at radius 1 is 1.32 bits per heavy atom. The predicted molar refractivity (Wildman–Crippen MR) is 99.5 cm³/mol. The zero-order valence-electron chi connectivity index (χ0n) is 15.9. The van der Waals surface area contributed by atoms with E-state index in [-0.39, 0.29) is 11.3 Å². The van der Waals surface area contributed by atoms with E-state index in [1.165, 1.54) is 5.57 Å². The van der Waals surface area contributed by atoms with E-state index in [4.69, 9.17) is 6.42 Å². The van der Waals surface area contributed by atoms with Gasteiger partial charge in [-0.05, 0) is 67.1 Å². The molecule has 0 aromatic carbocycles.